The first-order chi connectivity index (χ1) is 14.0. The number of hydrogen-bond acceptors (Lipinski definition) is 6. The number of aromatic nitrogens is 3. The largest absolute Gasteiger partial charge is 0.350 e. The number of nitrogens with zero attached hydrogens (tertiary/aromatic N) is 5. The van der Waals surface area contributed by atoms with Crippen molar-refractivity contribution in [3.8, 4) is 6.07 Å². The van der Waals surface area contributed by atoms with Crippen LogP contribution in [0.1, 0.15) is 38.4 Å². The molecule has 0 unspecified atom stereocenters. The summed E-state index contributed by atoms with van der Waals surface area (Å²) in [6, 6.07) is 6.01. The van der Waals surface area contributed by atoms with Gasteiger partial charge in [-0.3, -0.25) is 18.9 Å². The Morgan fingerprint density at radius 3 is 3.07 bits per heavy atom. The SMILES string of the molecule is CC(C)c1nn(CC(=O)N[C@@H]2CCCN(CC#N)C2)c(=O)c2cc3ccsc3n12. The van der Waals surface area contributed by atoms with Crippen molar-refractivity contribution in [2.75, 3.05) is 19.6 Å². The predicted octanol–water partition coefficient (Wildman–Crippen LogP) is 1.94. The molecule has 3 aromatic rings. The van der Waals surface area contributed by atoms with Crippen LogP contribution in [0.3, 0.4) is 0 Å². The van der Waals surface area contributed by atoms with Crippen molar-refractivity contribution in [1.82, 2.24) is 24.4 Å². The second-order valence-electron chi connectivity index (χ2n) is 7.82. The third-order valence-corrected chi connectivity index (χ3v) is 6.20. The molecule has 0 spiro atoms. The Balaban J connectivity index is 1.59. The molecule has 0 aromatic carbocycles. The van der Waals surface area contributed by atoms with Crippen LogP contribution in [-0.2, 0) is 11.3 Å². The van der Waals surface area contributed by atoms with Crippen LogP contribution in [0.5, 0.6) is 0 Å². The summed E-state index contributed by atoms with van der Waals surface area (Å²) in [6.45, 7) is 5.85. The van der Waals surface area contributed by atoms with E-state index in [2.05, 4.69) is 16.5 Å². The number of hydrogen-bond donors (Lipinski definition) is 1. The van der Waals surface area contributed by atoms with Crippen LogP contribution in [0.25, 0.3) is 15.7 Å². The van der Waals surface area contributed by atoms with Crippen LogP contribution < -0.4 is 10.9 Å². The number of carbonyl (C=O) groups excluding carboxylic acids is 1. The number of carbonyl (C=O) groups is 1. The lowest BCUT2D eigenvalue weighted by atomic mass is 10.1. The average molecular weight is 413 g/mol. The zero-order chi connectivity index (χ0) is 20.5. The summed E-state index contributed by atoms with van der Waals surface area (Å²) >= 11 is 1.58. The molecule has 1 amide bonds. The molecule has 0 radical (unpaired) electrons. The summed E-state index contributed by atoms with van der Waals surface area (Å²) in [6.07, 6.45) is 1.82. The van der Waals surface area contributed by atoms with Gasteiger partial charge in [-0.1, -0.05) is 13.8 Å². The van der Waals surface area contributed by atoms with Crippen LogP contribution in [-0.4, -0.2) is 50.7 Å². The first-order valence-corrected chi connectivity index (χ1v) is 10.7. The van der Waals surface area contributed by atoms with Gasteiger partial charge in [0.25, 0.3) is 5.56 Å². The Bertz CT molecular complexity index is 1150. The van der Waals surface area contributed by atoms with E-state index >= 15 is 0 Å². The first-order valence-electron chi connectivity index (χ1n) is 9.86. The molecule has 4 heterocycles. The molecule has 3 aromatic heterocycles. The Labute approximate surface area is 172 Å². The van der Waals surface area contributed by atoms with E-state index in [4.69, 9.17) is 5.26 Å². The quantitative estimate of drug-likeness (QED) is 0.646. The van der Waals surface area contributed by atoms with Gasteiger partial charge in [0.2, 0.25) is 5.91 Å². The Hall–Kier alpha value is -2.70. The highest BCUT2D eigenvalue weighted by Gasteiger charge is 2.23. The van der Waals surface area contributed by atoms with E-state index in [0.29, 0.717) is 18.6 Å². The molecule has 4 rings (SSSR count). The third kappa shape index (κ3) is 3.78. The second kappa shape index (κ2) is 7.97. The van der Waals surface area contributed by atoms with Gasteiger partial charge in [-0.25, -0.2) is 4.68 Å². The molecule has 8 nitrogen and oxygen atoms in total. The van der Waals surface area contributed by atoms with Crippen molar-refractivity contribution in [2.24, 2.45) is 0 Å². The summed E-state index contributed by atoms with van der Waals surface area (Å²) in [5.41, 5.74) is 0.291. The summed E-state index contributed by atoms with van der Waals surface area (Å²) in [7, 11) is 0. The molecule has 0 bridgehead atoms. The lowest BCUT2D eigenvalue weighted by Crippen LogP contribution is -2.49. The van der Waals surface area contributed by atoms with Crippen molar-refractivity contribution in [1.29, 1.82) is 5.26 Å². The molecule has 1 N–H and O–H groups in total. The normalized spacial score (nSPS) is 17.8. The van der Waals surface area contributed by atoms with Crippen molar-refractivity contribution >= 4 is 33.0 Å². The molecule has 29 heavy (non-hydrogen) atoms. The minimum atomic E-state index is -0.261. The van der Waals surface area contributed by atoms with Gasteiger partial charge < -0.3 is 5.32 Å². The van der Waals surface area contributed by atoms with Gasteiger partial charge in [0, 0.05) is 23.9 Å². The highest BCUT2D eigenvalue weighted by atomic mass is 32.1. The van der Waals surface area contributed by atoms with Gasteiger partial charge in [0.15, 0.2) is 0 Å². The molecular formula is C20H24N6O2S. The zero-order valence-corrected chi connectivity index (χ0v) is 17.4. The molecule has 0 saturated carbocycles. The molecule has 152 valence electrons. The van der Waals surface area contributed by atoms with Crippen molar-refractivity contribution in [3.63, 3.8) is 0 Å². The van der Waals surface area contributed by atoms with Crippen LogP contribution in [0.15, 0.2) is 22.3 Å². The molecule has 1 atom stereocenters. The smallest absolute Gasteiger partial charge is 0.291 e. The monoisotopic (exact) mass is 412 g/mol. The molecular weight excluding hydrogens is 388 g/mol. The van der Waals surface area contributed by atoms with Crippen molar-refractivity contribution < 1.29 is 4.79 Å². The number of nitriles is 1. The maximum Gasteiger partial charge on any atom is 0.291 e. The van der Waals surface area contributed by atoms with Crippen LogP contribution in [0.4, 0.5) is 0 Å². The van der Waals surface area contributed by atoms with E-state index in [9.17, 15) is 9.59 Å². The third-order valence-electron chi connectivity index (χ3n) is 5.29. The van der Waals surface area contributed by atoms with Crippen LogP contribution in [0, 0.1) is 11.3 Å². The van der Waals surface area contributed by atoms with E-state index in [1.165, 1.54) is 4.68 Å². The maximum absolute atomic E-state index is 13.0. The number of rotatable bonds is 5. The van der Waals surface area contributed by atoms with Crippen LogP contribution in [0.2, 0.25) is 0 Å². The van der Waals surface area contributed by atoms with Gasteiger partial charge in [-0.15, -0.1) is 11.3 Å². The van der Waals surface area contributed by atoms with Gasteiger partial charge in [0.1, 0.15) is 22.7 Å². The van der Waals surface area contributed by atoms with E-state index in [1.807, 2.05) is 40.7 Å². The summed E-state index contributed by atoms with van der Waals surface area (Å²) in [5.74, 6) is 0.640. The molecule has 1 aliphatic heterocycles. The highest BCUT2D eigenvalue weighted by molar-refractivity contribution is 7.16. The molecule has 9 heteroatoms. The van der Waals surface area contributed by atoms with E-state index < -0.39 is 0 Å². The molecule has 0 aliphatic carbocycles. The fourth-order valence-electron chi connectivity index (χ4n) is 3.96. The standard InChI is InChI=1S/C20H24N6O2S/c1-13(2)18-23-25(19(28)16-10-14-5-9-29-20(14)26(16)18)12-17(27)22-15-4-3-7-24(11-15)8-6-21/h5,9-10,13,15H,3-4,7-8,11-12H2,1-2H3,(H,22,27)/t15-/m1/s1. The number of piperidine rings is 1. The number of amides is 1. The minimum absolute atomic E-state index is 0.00718. The van der Waals surface area contributed by atoms with E-state index in [1.54, 1.807) is 11.3 Å². The zero-order valence-electron chi connectivity index (χ0n) is 16.6. The first kappa shape index (κ1) is 19.6. The fourth-order valence-corrected chi connectivity index (χ4v) is 4.87. The Morgan fingerprint density at radius 1 is 1.48 bits per heavy atom. The van der Waals surface area contributed by atoms with Crippen molar-refractivity contribution in [2.45, 2.75) is 45.2 Å². The van der Waals surface area contributed by atoms with Gasteiger partial charge in [-0.2, -0.15) is 10.4 Å². The van der Waals surface area contributed by atoms with Gasteiger partial charge >= 0.3 is 0 Å². The molecule has 1 saturated heterocycles. The minimum Gasteiger partial charge on any atom is -0.350 e. The molecule has 1 aliphatic rings. The van der Waals surface area contributed by atoms with Gasteiger partial charge in [0.05, 0.1) is 12.6 Å². The van der Waals surface area contributed by atoms with Crippen LogP contribution >= 0.6 is 11.3 Å². The number of likely N-dealkylation sites (tertiary alicyclic amines) is 1. The molecule has 1 fully saturated rings. The number of thiophene rings is 1. The maximum atomic E-state index is 13.0. The van der Waals surface area contributed by atoms with Crippen molar-refractivity contribution in [3.05, 3.63) is 33.7 Å². The highest BCUT2D eigenvalue weighted by Crippen LogP contribution is 2.26. The summed E-state index contributed by atoms with van der Waals surface area (Å²) in [4.78, 5) is 28.7. The number of nitrogens with one attached hydrogen (secondary N) is 1. The Kier molecular flexibility index (Phi) is 5.39. The topological polar surface area (TPSA) is 95.4 Å². The fraction of sp³-hybridized carbons (Fsp3) is 0.500. The van der Waals surface area contributed by atoms with E-state index in [-0.39, 0.29) is 30.0 Å². The summed E-state index contributed by atoms with van der Waals surface area (Å²) < 4.78 is 3.20. The second-order valence-corrected chi connectivity index (χ2v) is 8.72. The average Bonchev–Trinajstić information content (AvgIpc) is 3.26. The lowest BCUT2D eigenvalue weighted by molar-refractivity contribution is -0.123. The lowest BCUT2D eigenvalue weighted by Gasteiger charge is -2.31. The number of fused-ring (bicyclic) bond motifs is 3. The predicted molar refractivity (Wildman–Crippen MR) is 112 cm³/mol. The Morgan fingerprint density at radius 2 is 2.31 bits per heavy atom. The summed E-state index contributed by atoms with van der Waals surface area (Å²) in [5, 5.41) is 19.4. The van der Waals surface area contributed by atoms with Gasteiger partial charge in [-0.05, 0) is 36.9 Å². The van der Waals surface area contributed by atoms with E-state index in [0.717, 1.165) is 35.4 Å².